The van der Waals surface area contributed by atoms with Gasteiger partial charge >= 0.3 is 0 Å². The Morgan fingerprint density at radius 2 is 1.81 bits per heavy atom. The number of anilines is 1. The average molecular weight is 394 g/mol. The van der Waals surface area contributed by atoms with Crippen molar-refractivity contribution in [1.82, 2.24) is 4.31 Å². The van der Waals surface area contributed by atoms with E-state index in [9.17, 15) is 26.8 Å². The number of halogens is 2. The highest BCUT2D eigenvalue weighted by Gasteiger charge is 2.44. The molecule has 1 saturated heterocycles. The SMILES string of the molecule is Cc1ccc(S(=O)(=O)N2C(=O)CC[C@H]2C(=O)Nc2ccc(F)cc2F)cc1. The maximum Gasteiger partial charge on any atom is 0.267 e. The predicted octanol–water partition coefficient (Wildman–Crippen LogP) is 2.59. The van der Waals surface area contributed by atoms with Crippen molar-refractivity contribution in [2.45, 2.75) is 30.7 Å². The van der Waals surface area contributed by atoms with Crippen molar-refractivity contribution in [2.24, 2.45) is 0 Å². The fraction of sp³-hybridized carbons (Fsp3) is 0.222. The van der Waals surface area contributed by atoms with Crippen molar-refractivity contribution in [2.75, 3.05) is 5.32 Å². The zero-order chi connectivity index (χ0) is 19.8. The number of aryl methyl sites for hydroxylation is 1. The number of nitrogens with zero attached hydrogens (tertiary/aromatic N) is 1. The lowest BCUT2D eigenvalue weighted by atomic mass is 10.2. The summed E-state index contributed by atoms with van der Waals surface area (Å²) in [6.45, 7) is 1.78. The van der Waals surface area contributed by atoms with Crippen LogP contribution >= 0.6 is 0 Å². The van der Waals surface area contributed by atoms with Crippen molar-refractivity contribution in [3.8, 4) is 0 Å². The molecule has 0 radical (unpaired) electrons. The summed E-state index contributed by atoms with van der Waals surface area (Å²) < 4.78 is 53.0. The maximum atomic E-state index is 13.8. The van der Waals surface area contributed by atoms with Gasteiger partial charge in [0.15, 0.2) is 0 Å². The molecule has 9 heteroatoms. The summed E-state index contributed by atoms with van der Waals surface area (Å²) in [7, 11) is -4.24. The van der Waals surface area contributed by atoms with Crippen LogP contribution in [0.1, 0.15) is 18.4 Å². The van der Waals surface area contributed by atoms with Crippen LogP contribution in [0.5, 0.6) is 0 Å². The molecule has 27 heavy (non-hydrogen) atoms. The second kappa shape index (κ2) is 7.07. The summed E-state index contributed by atoms with van der Waals surface area (Å²) in [4.78, 5) is 24.6. The average Bonchev–Trinajstić information content (AvgIpc) is 3.00. The number of nitrogens with one attached hydrogen (secondary N) is 1. The summed E-state index contributed by atoms with van der Waals surface area (Å²) >= 11 is 0. The van der Waals surface area contributed by atoms with Crippen LogP contribution in [0.4, 0.5) is 14.5 Å². The van der Waals surface area contributed by atoms with Crippen LogP contribution in [0.3, 0.4) is 0 Å². The Kier molecular flexibility index (Phi) is 4.97. The highest BCUT2D eigenvalue weighted by atomic mass is 32.2. The molecule has 0 aliphatic carbocycles. The van der Waals surface area contributed by atoms with E-state index in [1.807, 2.05) is 0 Å². The van der Waals surface area contributed by atoms with Gasteiger partial charge in [0.05, 0.1) is 10.6 Å². The summed E-state index contributed by atoms with van der Waals surface area (Å²) in [5, 5.41) is 2.22. The summed E-state index contributed by atoms with van der Waals surface area (Å²) in [5.41, 5.74) is 0.538. The fourth-order valence-electron chi connectivity index (χ4n) is 2.83. The highest BCUT2D eigenvalue weighted by molar-refractivity contribution is 7.89. The molecule has 1 heterocycles. The van der Waals surface area contributed by atoms with Crippen LogP contribution in [-0.2, 0) is 19.6 Å². The zero-order valence-corrected chi connectivity index (χ0v) is 15.1. The molecular formula is C18H16F2N2O4S. The van der Waals surface area contributed by atoms with Gasteiger partial charge in [-0.25, -0.2) is 21.5 Å². The molecule has 2 aromatic carbocycles. The van der Waals surface area contributed by atoms with E-state index in [2.05, 4.69) is 5.32 Å². The topological polar surface area (TPSA) is 83.6 Å². The van der Waals surface area contributed by atoms with Gasteiger partial charge in [-0.05, 0) is 37.6 Å². The summed E-state index contributed by atoms with van der Waals surface area (Å²) in [6.07, 6.45) is -0.159. The van der Waals surface area contributed by atoms with E-state index >= 15 is 0 Å². The van der Waals surface area contributed by atoms with Crippen molar-refractivity contribution >= 4 is 27.5 Å². The molecule has 2 aromatic rings. The van der Waals surface area contributed by atoms with E-state index in [4.69, 9.17) is 0 Å². The molecule has 6 nitrogen and oxygen atoms in total. The first kappa shape index (κ1) is 19.0. The quantitative estimate of drug-likeness (QED) is 0.864. The van der Waals surface area contributed by atoms with E-state index in [0.717, 1.165) is 17.7 Å². The molecule has 0 aromatic heterocycles. The predicted molar refractivity (Wildman–Crippen MR) is 93.2 cm³/mol. The number of carbonyl (C=O) groups excluding carboxylic acids is 2. The number of hydrogen-bond donors (Lipinski definition) is 1. The van der Waals surface area contributed by atoms with Gasteiger partial charge in [0.1, 0.15) is 17.7 Å². The number of rotatable bonds is 4. The fourth-order valence-corrected chi connectivity index (χ4v) is 4.43. The Balaban J connectivity index is 1.89. The third kappa shape index (κ3) is 3.68. The lowest BCUT2D eigenvalue weighted by Gasteiger charge is -2.24. The minimum atomic E-state index is -4.24. The molecule has 0 bridgehead atoms. The lowest BCUT2D eigenvalue weighted by Crippen LogP contribution is -2.45. The molecular weight excluding hydrogens is 378 g/mol. The monoisotopic (exact) mass is 394 g/mol. The van der Waals surface area contributed by atoms with Gasteiger partial charge in [0.2, 0.25) is 11.8 Å². The smallest absolute Gasteiger partial charge is 0.267 e. The van der Waals surface area contributed by atoms with Crippen molar-refractivity contribution < 1.29 is 26.8 Å². The van der Waals surface area contributed by atoms with Gasteiger partial charge in [0, 0.05) is 12.5 Å². The molecule has 1 aliphatic heterocycles. The number of sulfonamides is 1. The van der Waals surface area contributed by atoms with Crippen molar-refractivity contribution in [3.63, 3.8) is 0 Å². The maximum absolute atomic E-state index is 13.8. The molecule has 2 amide bonds. The van der Waals surface area contributed by atoms with Crippen LogP contribution in [0.2, 0.25) is 0 Å². The molecule has 0 unspecified atom stereocenters. The van der Waals surface area contributed by atoms with Gasteiger partial charge < -0.3 is 5.32 Å². The second-order valence-corrected chi connectivity index (χ2v) is 7.99. The number of hydrogen-bond acceptors (Lipinski definition) is 4. The molecule has 1 N–H and O–H groups in total. The third-order valence-electron chi connectivity index (χ3n) is 4.23. The molecule has 3 rings (SSSR count). The van der Waals surface area contributed by atoms with Gasteiger partial charge in [-0.1, -0.05) is 17.7 Å². The van der Waals surface area contributed by atoms with E-state index < -0.39 is 39.5 Å². The van der Waals surface area contributed by atoms with E-state index in [0.29, 0.717) is 10.4 Å². The van der Waals surface area contributed by atoms with E-state index in [1.54, 1.807) is 19.1 Å². The Bertz CT molecular complexity index is 1010. The van der Waals surface area contributed by atoms with Crippen molar-refractivity contribution in [1.29, 1.82) is 0 Å². The third-order valence-corrected chi connectivity index (χ3v) is 6.07. The molecule has 1 aliphatic rings. The number of amides is 2. The van der Waals surface area contributed by atoms with E-state index in [-0.39, 0.29) is 23.4 Å². The molecule has 142 valence electrons. The van der Waals surface area contributed by atoms with Crippen LogP contribution in [0.25, 0.3) is 0 Å². The first-order chi connectivity index (χ1) is 12.7. The van der Waals surface area contributed by atoms with Gasteiger partial charge in [-0.15, -0.1) is 0 Å². The van der Waals surface area contributed by atoms with Crippen molar-refractivity contribution in [3.05, 3.63) is 59.7 Å². The molecule has 1 atom stereocenters. The Morgan fingerprint density at radius 3 is 2.44 bits per heavy atom. The zero-order valence-electron chi connectivity index (χ0n) is 14.3. The Morgan fingerprint density at radius 1 is 1.15 bits per heavy atom. The minimum absolute atomic E-state index is 0.0292. The van der Waals surface area contributed by atoms with Gasteiger partial charge in [0.25, 0.3) is 10.0 Å². The summed E-state index contributed by atoms with van der Waals surface area (Å²) in [5.74, 6) is -3.39. The first-order valence-corrected chi connectivity index (χ1v) is 9.54. The molecule has 1 fully saturated rings. The van der Waals surface area contributed by atoms with Crippen LogP contribution in [0, 0.1) is 18.6 Å². The van der Waals surface area contributed by atoms with Gasteiger partial charge in [-0.3, -0.25) is 9.59 Å². The second-order valence-electron chi connectivity index (χ2n) is 6.18. The van der Waals surface area contributed by atoms with Crippen LogP contribution in [0.15, 0.2) is 47.4 Å². The van der Waals surface area contributed by atoms with Gasteiger partial charge in [-0.2, -0.15) is 0 Å². The normalized spacial score (nSPS) is 17.2. The van der Waals surface area contributed by atoms with E-state index in [1.165, 1.54) is 12.1 Å². The Labute approximate surface area is 154 Å². The molecule has 0 saturated carbocycles. The lowest BCUT2D eigenvalue weighted by molar-refractivity contribution is -0.128. The van der Waals surface area contributed by atoms with Crippen LogP contribution in [-0.4, -0.2) is 30.6 Å². The number of benzene rings is 2. The summed E-state index contributed by atoms with van der Waals surface area (Å²) in [6, 6.07) is 7.13. The standard InChI is InChI=1S/C18H16F2N2O4S/c1-11-2-5-13(6-3-11)27(25,26)22-16(8-9-17(22)23)18(24)21-15-7-4-12(19)10-14(15)20/h2-7,10,16H,8-9H2,1H3,(H,21,24)/t16-/m0/s1. The largest absolute Gasteiger partial charge is 0.322 e. The molecule has 0 spiro atoms. The highest BCUT2D eigenvalue weighted by Crippen LogP contribution is 2.28. The number of carbonyl (C=O) groups is 2. The van der Waals surface area contributed by atoms with Crippen LogP contribution < -0.4 is 5.32 Å². The Hall–Kier alpha value is -2.81. The first-order valence-electron chi connectivity index (χ1n) is 8.10. The minimum Gasteiger partial charge on any atom is -0.322 e.